The molecule has 0 atom stereocenters. The number of hydrogen-bond donors (Lipinski definition) is 0. The van der Waals surface area contributed by atoms with Gasteiger partial charge in [0.1, 0.15) is 0 Å². The van der Waals surface area contributed by atoms with Crippen LogP contribution >= 0.6 is 11.8 Å². The zero-order chi connectivity index (χ0) is 17.1. The van der Waals surface area contributed by atoms with E-state index in [-0.39, 0.29) is 5.91 Å². The van der Waals surface area contributed by atoms with Gasteiger partial charge in [-0.1, -0.05) is 53.2 Å². The van der Waals surface area contributed by atoms with Crippen LogP contribution in [-0.2, 0) is 5.75 Å². The van der Waals surface area contributed by atoms with E-state index in [1.807, 2.05) is 36.9 Å². The molecule has 0 saturated heterocycles. The molecule has 0 aromatic heterocycles. The Balaban J connectivity index is 1.73. The highest BCUT2D eigenvalue weighted by atomic mass is 32.2. The lowest BCUT2D eigenvalue weighted by atomic mass is 10.1. The first-order chi connectivity index (χ1) is 11.5. The van der Waals surface area contributed by atoms with Gasteiger partial charge in [0.15, 0.2) is 5.17 Å². The Morgan fingerprint density at radius 2 is 1.83 bits per heavy atom. The monoisotopic (exact) mass is 338 g/mol. The molecule has 3 nitrogen and oxygen atoms in total. The number of carbonyl (C=O) groups is 1. The van der Waals surface area contributed by atoms with Gasteiger partial charge in [-0.15, -0.1) is 0 Å². The fourth-order valence-electron chi connectivity index (χ4n) is 2.91. The van der Waals surface area contributed by atoms with Gasteiger partial charge in [0, 0.05) is 17.9 Å². The molecular formula is C20H22N2OS. The molecule has 0 N–H and O–H groups in total. The Labute approximate surface area is 147 Å². The summed E-state index contributed by atoms with van der Waals surface area (Å²) in [5, 5.41) is 0.836. The molecule has 0 aliphatic carbocycles. The molecule has 2 aromatic carbocycles. The highest BCUT2D eigenvalue weighted by Crippen LogP contribution is 2.23. The van der Waals surface area contributed by atoms with Crippen LogP contribution in [0.2, 0.25) is 0 Å². The SMILES string of the molecule is Cc1cc(C)cc(C(=O)N2CCN=C2SCc2ccccc2C)c1. The standard InChI is InChI=1S/C20H22N2OS/c1-14-10-15(2)12-18(11-14)19(23)22-9-8-21-20(22)24-13-17-7-5-4-6-16(17)3/h4-7,10-12H,8-9,13H2,1-3H3. The van der Waals surface area contributed by atoms with Crippen molar-refractivity contribution in [1.29, 1.82) is 0 Å². The Bertz CT molecular complexity index is 778. The summed E-state index contributed by atoms with van der Waals surface area (Å²) in [6, 6.07) is 14.3. The van der Waals surface area contributed by atoms with Crippen LogP contribution in [0.5, 0.6) is 0 Å². The molecule has 124 valence electrons. The summed E-state index contributed by atoms with van der Waals surface area (Å²) in [6.45, 7) is 7.52. The first kappa shape index (κ1) is 16.8. The molecule has 0 fully saturated rings. The summed E-state index contributed by atoms with van der Waals surface area (Å²) in [6.07, 6.45) is 0. The lowest BCUT2D eigenvalue weighted by molar-refractivity contribution is 0.0860. The van der Waals surface area contributed by atoms with Crippen molar-refractivity contribution in [2.45, 2.75) is 26.5 Å². The van der Waals surface area contributed by atoms with E-state index in [1.165, 1.54) is 11.1 Å². The average molecular weight is 338 g/mol. The predicted molar refractivity (Wildman–Crippen MR) is 102 cm³/mol. The zero-order valence-electron chi connectivity index (χ0n) is 14.4. The van der Waals surface area contributed by atoms with E-state index in [1.54, 1.807) is 11.8 Å². The minimum absolute atomic E-state index is 0.0512. The number of benzene rings is 2. The van der Waals surface area contributed by atoms with E-state index >= 15 is 0 Å². The predicted octanol–water partition coefficient (Wildman–Crippen LogP) is 4.36. The van der Waals surface area contributed by atoms with Crippen molar-refractivity contribution in [1.82, 2.24) is 4.90 Å². The normalized spacial score (nSPS) is 14.0. The number of hydrogen-bond acceptors (Lipinski definition) is 3. The molecule has 24 heavy (non-hydrogen) atoms. The molecule has 4 heteroatoms. The second-order valence-corrected chi connectivity index (χ2v) is 7.16. The van der Waals surface area contributed by atoms with Gasteiger partial charge in [-0.2, -0.15) is 0 Å². The Morgan fingerprint density at radius 3 is 2.54 bits per heavy atom. The smallest absolute Gasteiger partial charge is 0.259 e. The van der Waals surface area contributed by atoms with Gasteiger partial charge in [-0.05, 0) is 44.0 Å². The summed E-state index contributed by atoms with van der Waals surface area (Å²) in [4.78, 5) is 19.2. The minimum atomic E-state index is 0.0512. The number of amidine groups is 1. The summed E-state index contributed by atoms with van der Waals surface area (Å²) in [5.74, 6) is 0.887. The maximum atomic E-state index is 12.9. The van der Waals surface area contributed by atoms with E-state index in [0.29, 0.717) is 13.1 Å². The number of amides is 1. The molecule has 1 amide bonds. The second kappa shape index (κ2) is 7.22. The second-order valence-electron chi connectivity index (χ2n) is 6.21. The molecule has 0 bridgehead atoms. The van der Waals surface area contributed by atoms with Crippen molar-refractivity contribution in [3.05, 3.63) is 70.3 Å². The minimum Gasteiger partial charge on any atom is -0.286 e. The first-order valence-electron chi connectivity index (χ1n) is 8.16. The van der Waals surface area contributed by atoms with Crippen LogP contribution in [0.3, 0.4) is 0 Å². The molecule has 0 spiro atoms. The fraction of sp³-hybridized carbons (Fsp3) is 0.300. The molecule has 1 aliphatic rings. The number of rotatable bonds is 3. The number of thioether (sulfide) groups is 1. The first-order valence-corrected chi connectivity index (χ1v) is 9.15. The van der Waals surface area contributed by atoms with E-state index in [9.17, 15) is 4.79 Å². The quantitative estimate of drug-likeness (QED) is 0.833. The topological polar surface area (TPSA) is 32.7 Å². The van der Waals surface area contributed by atoms with Crippen LogP contribution in [0.25, 0.3) is 0 Å². The van der Waals surface area contributed by atoms with Crippen LogP contribution in [0.15, 0.2) is 47.5 Å². The Kier molecular flexibility index (Phi) is 5.05. The van der Waals surface area contributed by atoms with E-state index in [4.69, 9.17) is 0 Å². The third kappa shape index (κ3) is 3.70. The summed E-state index contributed by atoms with van der Waals surface area (Å²) in [7, 11) is 0. The van der Waals surface area contributed by atoms with Gasteiger partial charge in [0.25, 0.3) is 5.91 Å². The summed E-state index contributed by atoms with van der Waals surface area (Å²) < 4.78 is 0. The van der Waals surface area contributed by atoms with E-state index in [2.05, 4.69) is 36.2 Å². The van der Waals surface area contributed by atoms with E-state index in [0.717, 1.165) is 27.6 Å². The van der Waals surface area contributed by atoms with Gasteiger partial charge in [0.2, 0.25) is 0 Å². The number of nitrogens with zero attached hydrogens (tertiary/aromatic N) is 2. The number of aryl methyl sites for hydroxylation is 3. The van der Waals surface area contributed by atoms with Crippen molar-refractivity contribution in [3.8, 4) is 0 Å². The van der Waals surface area contributed by atoms with Crippen LogP contribution < -0.4 is 0 Å². The van der Waals surface area contributed by atoms with Gasteiger partial charge in [-0.25, -0.2) is 0 Å². The van der Waals surface area contributed by atoms with Gasteiger partial charge < -0.3 is 0 Å². The van der Waals surface area contributed by atoms with Crippen LogP contribution in [-0.4, -0.2) is 29.1 Å². The maximum Gasteiger partial charge on any atom is 0.259 e. The molecule has 0 unspecified atom stereocenters. The lowest BCUT2D eigenvalue weighted by Gasteiger charge is -2.18. The average Bonchev–Trinajstić information content (AvgIpc) is 3.01. The van der Waals surface area contributed by atoms with E-state index < -0.39 is 0 Å². The van der Waals surface area contributed by atoms with Crippen LogP contribution in [0, 0.1) is 20.8 Å². The van der Waals surface area contributed by atoms with Gasteiger partial charge in [-0.3, -0.25) is 14.7 Å². The van der Waals surface area contributed by atoms with Crippen molar-refractivity contribution >= 4 is 22.8 Å². The molecule has 0 saturated carbocycles. The zero-order valence-corrected chi connectivity index (χ0v) is 15.2. The lowest BCUT2D eigenvalue weighted by Crippen LogP contribution is -2.33. The fourth-order valence-corrected chi connectivity index (χ4v) is 4.03. The van der Waals surface area contributed by atoms with Crippen molar-refractivity contribution < 1.29 is 4.79 Å². The Hall–Kier alpha value is -2.07. The van der Waals surface area contributed by atoms with Crippen molar-refractivity contribution in [2.75, 3.05) is 13.1 Å². The highest BCUT2D eigenvalue weighted by Gasteiger charge is 2.25. The molecule has 3 rings (SSSR count). The molecule has 0 radical (unpaired) electrons. The molecule has 1 aliphatic heterocycles. The highest BCUT2D eigenvalue weighted by molar-refractivity contribution is 8.13. The summed E-state index contributed by atoms with van der Waals surface area (Å²) in [5.41, 5.74) is 5.54. The molecule has 1 heterocycles. The maximum absolute atomic E-state index is 12.9. The Morgan fingerprint density at radius 1 is 1.12 bits per heavy atom. The van der Waals surface area contributed by atoms with Gasteiger partial charge in [0.05, 0.1) is 6.54 Å². The van der Waals surface area contributed by atoms with Crippen molar-refractivity contribution in [2.24, 2.45) is 4.99 Å². The van der Waals surface area contributed by atoms with Gasteiger partial charge >= 0.3 is 0 Å². The molecule has 2 aromatic rings. The van der Waals surface area contributed by atoms with Crippen LogP contribution in [0.1, 0.15) is 32.6 Å². The summed E-state index contributed by atoms with van der Waals surface area (Å²) >= 11 is 1.65. The van der Waals surface area contributed by atoms with Crippen LogP contribution in [0.4, 0.5) is 0 Å². The third-order valence-corrected chi connectivity index (χ3v) is 5.20. The van der Waals surface area contributed by atoms with Crippen molar-refractivity contribution in [3.63, 3.8) is 0 Å². The number of carbonyl (C=O) groups excluding carboxylic acids is 1. The number of aliphatic imine (C=N–C) groups is 1. The third-order valence-electron chi connectivity index (χ3n) is 4.13. The largest absolute Gasteiger partial charge is 0.286 e. The molecular weight excluding hydrogens is 316 g/mol.